The molecule has 14 heavy (non-hydrogen) atoms. The maximum atomic E-state index is 11.8. The summed E-state index contributed by atoms with van der Waals surface area (Å²) < 4.78 is 1.43. The molecule has 0 radical (unpaired) electrons. The second-order valence-corrected chi connectivity index (χ2v) is 3.18. The molecular weight excluding hydrogens is 180 g/mol. The van der Waals surface area contributed by atoms with Crippen LogP contribution in [0.4, 0.5) is 0 Å². The van der Waals surface area contributed by atoms with Crippen LogP contribution in [0.25, 0.3) is 5.65 Å². The Morgan fingerprint density at radius 1 is 1.64 bits per heavy atom. The summed E-state index contributed by atoms with van der Waals surface area (Å²) in [6.45, 7) is 2.30. The van der Waals surface area contributed by atoms with Gasteiger partial charge in [-0.25, -0.2) is 9.50 Å². The second kappa shape index (κ2) is 3.26. The molecule has 0 aliphatic rings. The summed E-state index contributed by atoms with van der Waals surface area (Å²) >= 11 is 0. The Morgan fingerprint density at radius 3 is 3.14 bits per heavy atom. The van der Waals surface area contributed by atoms with Gasteiger partial charge in [-0.2, -0.15) is 0 Å². The van der Waals surface area contributed by atoms with E-state index in [-0.39, 0.29) is 5.56 Å². The van der Waals surface area contributed by atoms with Crippen molar-refractivity contribution in [1.29, 1.82) is 0 Å². The van der Waals surface area contributed by atoms with Crippen LogP contribution in [0.15, 0.2) is 17.1 Å². The van der Waals surface area contributed by atoms with Gasteiger partial charge in [0, 0.05) is 23.5 Å². The van der Waals surface area contributed by atoms with Crippen LogP contribution in [0.3, 0.4) is 0 Å². The molecule has 0 aromatic carbocycles. The Bertz CT molecular complexity index is 511. The SMILES string of the molecule is Cc1nc2cc[nH]n2c(=O)c1CCN. The van der Waals surface area contributed by atoms with E-state index in [9.17, 15) is 4.79 Å². The van der Waals surface area contributed by atoms with Gasteiger partial charge in [0.1, 0.15) is 0 Å². The first-order valence-corrected chi connectivity index (χ1v) is 4.49. The number of aromatic nitrogens is 3. The molecular formula is C9H12N4O. The number of rotatable bonds is 2. The number of nitrogens with zero attached hydrogens (tertiary/aromatic N) is 2. The third kappa shape index (κ3) is 1.22. The molecule has 0 atom stereocenters. The van der Waals surface area contributed by atoms with Crippen molar-refractivity contribution in [1.82, 2.24) is 14.6 Å². The zero-order chi connectivity index (χ0) is 10.1. The number of aryl methyl sites for hydroxylation is 1. The Hall–Kier alpha value is -1.62. The number of nitrogens with one attached hydrogen (secondary N) is 1. The minimum atomic E-state index is -0.0528. The fraction of sp³-hybridized carbons (Fsp3) is 0.333. The molecule has 0 aliphatic carbocycles. The molecule has 74 valence electrons. The van der Waals surface area contributed by atoms with Crippen molar-refractivity contribution < 1.29 is 0 Å². The number of nitrogens with two attached hydrogens (primary N) is 1. The predicted octanol–water partition coefficient (Wildman–Crippen LogP) is -0.168. The minimum Gasteiger partial charge on any atom is -0.330 e. The first-order valence-electron chi connectivity index (χ1n) is 4.49. The quantitative estimate of drug-likeness (QED) is 0.693. The highest BCUT2D eigenvalue weighted by Crippen LogP contribution is 2.02. The third-order valence-electron chi connectivity index (χ3n) is 2.24. The Labute approximate surface area is 80.6 Å². The lowest BCUT2D eigenvalue weighted by molar-refractivity contribution is 0.833. The number of hydrogen-bond donors (Lipinski definition) is 2. The Kier molecular flexibility index (Phi) is 2.09. The fourth-order valence-electron chi connectivity index (χ4n) is 1.54. The van der Waals surface area contributed by atoms with Crippen LogP contribution in [-0.2, 0) is 6.42 Å². The van der Waals surface area contributed by atoms with Crippen LogP contribution >= 0.6 is 0 Å². The maximum absolute atomic E-state index is 11.8. The van der Waals surface area contributed by atoms with E-state index in [1.54, 1.807) is 12.3 Å². The molecule has 2 aromatic rings. The van der Waals surface area contributed by atoms with Gasteiger partial charge in [0.25, 0.3) is 5.56 Å². The Morgan fingerprint density at radius 2 is 2.43 bits per heavy atom. The Balaban J connectivity index is 2.76. The minimum absolute atomic E-state index is 0.0528. The summed E-state index contributed by atoms with van der Waals surface area (Å²) in [6.07, 6.45) is 2.26. The molecule has 0 unspecified atom stereocenters. The molecule has 0 saturated heterocycles. The van der Waals surface area contributed by atoms with E-state index in [4.69, 9.17) is 5.73 Å². The molecule has 2 heterocycles. The van der Waals surface area contributed by atoms with Gasteiger partial charge in [0.15, 0.2) is 5.65 Å². The van der Waals surface area contributed by atoms with Crippen LogP contribution in [-0.4, -0.2) is 21.1 Å². The predicted molar refractivity (Wildman–Crippen MR) is 53.3 cm³/mol. The highest BCUT2D eigenvalue weighted by Gasteiger charge is 2.08. The molecule has 0 saturated carbocycles. The van der Waals surface area contributed by atoms with Crippen LogP contribution in [0.2, 0.25) is 0 Å². The molecule has 5 heteroatoms. The lowest BCUT2D eigenvalue weighted by atomic mass is 10.2. The van der Waals surface area contributed by atoms with E-state index in [0.717, 1.165) is 5.69 Å². The van der Waals surface area contributed by atoms with Crippen LogP contribution < -0.4 is 11.3 Å². The standard InChI is InChI=1S/C9H12N4O/c1-6-7(2-4-10)9(14)13-8(12-6)3-5-11-13/h3,5,11H,2,4,10H2,1H3. The molecule has 0 amide bonds. The normalized spacial score (nSPS) is 11.0. The van der Waals surface area contributed by atoms with Crippen molar-refractivity contribution in [2.24, 2.45) is 5.73 Å². The summed E-state index contributed by atoms with van der Waals surface area (Å²) in [4.78, 5) is 16.1. The molecule has 2 aromatic heterocycles. The lowest BCUT2D eigenvalue weighted by Crippen LogP contribution is -2.23. The van der Waals surface area contributed by atoms with Gasteiger partial charge >= 0.3 is 0 Å². The van der Waals surface area contributed by atoms with Gasteiger partial charge in [0.05, 0.1) is 0 Å². The first kappa shape index (κ1) is 8.96. The molecule has 2 rings (SSSR count). The van der Waals surface area contributed by atoms with Crippen molar-refractivity contribution in [2.75, 3.05) is 6.54 Å². The molecule has 5 nitrogen and oxygen atoms in total. The van der Waals surface area contributed by atoms with Gasteiger partial charge in [0.2, 0.25) is 0 Å². The third-order valence-corrected chi connectivity index (χ3v) is 2.24. The van der Waals surface area contributed by atoms with Crippen LogP contribution in [0.5, 0.6) is 0 Å². The largest absolute Gasteiger partial charge is 0.330 e. The van der Waals surface area contributed by atoms with Crippen molar-refractivity contribution in [3.8, 4) is 0 Å². The lowest BCUT2D eigenvalue weighted by Gasteiger charge is -2.02. The molecule has 3 N–H and O–H groups in total. The van der Waals surface area contributed by atoms with E-state index in [1.165, 1.54) is 4.52 Å². The average molecular weight is 192 g/mol. The molecule has 0 spiro atoms. The monoisotopic (exact) mass is 192 g/mol. The number of hydrogen-bond acceptors (Lipinski definition) is 3. The number of H-pyrrole nitrogens is 1. The highest BCUT2D eigenvalue weighted by atomic mass is 16.1. The van der Waals surface area contributed by atoms with Gasteiger partial charge < -0.3 is 5.73 Å². The smallest absolute Gasteiger partial charge is 0.276 e. The average Bonchev–Trinajstić information content (AvgIpc) is 2.60. The fourth-order valence-corrected chi connectivity index (χ4v) is 1.54. The van der Waals surface area contributed by atoms with E-state index in [0.29, 0.717) is 24.2 Å². The summed E-state index contributed by atoms with van der Waals surface area (Å²) in [7, 11) is 0. The van der Waals surface area contributed by atoms with E-state index in [1.807, 2.05) is 6.92 Å². The molecule has 0 fully saturated rings. The van der Waals surface area contributed by atoms with Gasteiger partial charge in [-0.05, 0) is 19.9 Å². The number of aromatic amines is 1. The zero-order valence-corrected chi connectivity index (χ0v) is 7.95. The van der Waals surface area contributed by atoms with Crippen molar-refractivity contribution >= 4 is 5.65 Å². The van der Waals surface area contributed by atoms with E-state index >= 15 is 0 Å². The van der Waals surface area contributed by atoms with Gasteiger partial charge in [-0.1, -0.05) is 0 Å². The molecule has 0 aliphatic heterocycles. The summed E-state index contributed by atoms with van der Waals surface area (Å²) in [5, 5.41) is 2.81. The second-order valence-electron chi connectivity index (χ2n) is 3.18. The summed E-state index contributed by atoms with van der Waals surface area (Å²) in [5.41, 5.74) is 7.48. The van der Waals surface area contributed by atoms with Gasteiger partial charge in [-0.3, -0.25) is 9.89 Å². The maximum Gasteiger partial charge on any atom is 0.276 e. The van der Waals surface area contributed by atoms with E-state index < -0.39 is 0 Å². The first-order chi connectivity index (χ1) is 6.74. The van der Waals surface area contributed by atoms with Crippen molar-refractivity contribution in [2.45, 2.75) is 13.3 Å². The zero-order valence-electron chi connectivity index (χ0n) is 7.95. The summed E-state index contributed by atoms with van der Waals surface area (Å²) in [6, 6.07) is 1.76. The van der Waals surface area contributed by atoms with Crippen LogP contribution in [0.1, 0.15) is 11.3 Å². The topological polar surface area (TPSA) is 76.2 Å². The number of fused-ring (bicyclic) bond motifs is 1. The molecule has 0 bridgehead atoms. The van der Waals surface area contributed by atoms with Crippen molar-refractivity contribution in [3.05, 3.63) is 33.9 Å². The van der Waals surface area contributed by atoms with Crippen LogP contribution in [0, 0.1) is 6.92 Å². The van der Waals surface area contributed by atoms with Crippen molar-refractivity contribution in [3.63, 3.8) is 0 Å². The van der Waals surface area contributed by atoms with E-state index in [2.05, 4.69) is 10.1 Å². The highest BCUT2D eigenvalue weighted by molar-refractivity contribution is 5.38. The van der Waals surface area contributed by atoms with Gasteiger partial charge in [-0.15, -0.1) is 0 Å². The summed E-state index contributed by atoms with van der Waals surface area (Å²) in [5.74, 6) is 0.